The Hall–Kier alpha value is -3.69. The summed E-state index contributed by atoms with van der Waals surface area (Å²) < 4.78 is 39.0. The molecular formula is C44H53ClO7. The Morgan fingerprint density at radius 2 is 1.48 bits per heavy atom. The van der Waals surface area contributed by atoms with Crippen molar-refractivity contribution in [2.45, 2.75) is 77.2 Å². The third-order valence-electron chi connectivity index (χ3n) is 9.32. The molecule has 0 aromatic heterocycles. The molecule has 0 spiro atoms. The van der Waals surface area contributed by atoms with Crippen LogP contribution in [0.15, 0.2) is 110 Å². The Bertz CT molecular complexity index is 1620. The molecule has 1 fully saturated rings. The number of halogens is 1. The summed E-state index contributed by atoms with van der Waals surface area (Å²) >= 11 is 6.98. The minimum absolute atomic E-state index is 0.0636. The number of aliphatic hydroxyl groups excluding tert-OH is 1. The van der Waals surface area contributed by atoms with E-state index in [0.29, 0.717) is 56.8 Å². The van der Waals surface area contributed by atoms with Crippen LogP contribution in [0, 0.1) is 5.92 Å². The molecule has 0 amide bonds. The molecule has 4 aromatic carbocycles. The first-order valence-corrected chi connectivity index (χ1v) is 18.8. The first kappa shape index (κ1) is 39.5. The van der Waals surface area contributed by atoms with Crippen molar-refractivity contribution >= 4 is 11.6 Å². The van der Waals surface area contributed by atoms with Crippen molar-refractivity contribution in [2.24, 2.45) is 5.92 Å². The summed E-state index contributed by atoms with van der Waals surface area (Å²) in [5.74, 6) is 1.38. The van der Waals surface area contributed by atoms with Gasteiger partial charge in [0.25, 0.3) is 0 Å². The second-order valence-electron chi connectivity index (χ2n) is 13.2. The lowest BCUT2D eigenvalue weighted by molar-refractivity contribution is -0.243. The van der Waals surface area contributed by atoms with Crippen LogP contribution >= 0.6 is 11.6 Å². The van der Waals surface area contributed by atoms with Crippen LogP contribution in [0.1, 0.15) is 67.0 Å². The molecular weight excluding hydrogens is 676 g/mol. The van der Waals surface area contributed by atoms with Gasteiger partial charge in [-0.3, -0.25) is 0 Å². The molecule has 1 aliphatic rings. The number of benzene rings is 4. The minimum Gasteiger partial charge on any atom is -0.494 e. The fourth-order valence-electron chi connectivity index (χ4n) is 6.51. The molecule has 1 N–H and O–H groups in total. The van der Waals surface area contributed by atoms with Gasteiger partial charge in [-0.05, 0) is 79.1 Å². The molecule has 1 aliphatic heterocycles. The predicted molar refractivity (Wildman–Crippen MR) is 206 cm³/mol. The molecule has 0 unspecified atom stereocenters. The minimum atomic E-state index is -0.570. The Morgan fingerprint density at radius 3 is 2.12 bits per heavy atom. The van der Waals surface area contributed by atoms with Gasteiger partial charge in [0.15, 0.2) is 0 Å². The Kier molecular flexibility index (Phi) is 16.1. The highest BCUT2D eigenvalue weighted by Crippen LogP contribution is 2.44. The third-order valence-corrected chi connectivity index (χ3v) is 9.67. The topological polar surface area (TPSA) is 75.6 Å². The molecule has 5 rings (SSSR count). The number of rotatable bonds is 21. The van der Waals surface area contributed by atoms with Crippen LogP contribution in [0.3, 0.4) is 0 Å². The van der Waals surface area contributed by atoms with E-state index in [1.54, 1.807) is 6.08 Å². The summed E-state index contributed by atoms with van der Waals surface area (Å²) in [4.78, 5) is 0. The van der Waals surface area contributed by atoms with E-state index in [-0.39, 0.29) is 24.7 Å². The predicted octanol–water partition coefficient (Wildman–Crippen LogP) is 9.32. The van der Waals surface area contributed by atoms with Crippen LogP contribution < -0.4 is 9.47 Å². The molecule has 4 aromatic rings. The quantitative estimate of drug-likeness (QED) is 0.0677. The van der Waals surface area contributed by atoms with E-state index in [0.717, 1.165) is 52.8 Å². The lowest BCUT2D eigenvalue weighted by Gasteiger charge is -2.46. The maximum Gasteiger partial charge on any atom is 0.127 e. The van der Waals surface area contributed by atoms with Crippen molar-refractivity contribution in [2.75, 3.05) is 33.0 Å². The fourth-order valence-corrected chi connectivity index (χ4v) is 6.73. The van der Waals surface area contributed by atoms with Crippen LogP contribution in [-0.2, 0) is 38.6 Å². The smallest absolute Gasteiger partial charge is 0.127 e. The lowest BCUT2D eigenvalue weighted by atomic mass is 9.84. The number of hydrogen-bond donors (Lipinski definition) is 1. The molecule has 0 saturated carbocycles. The highest BCUT2D eigenvalue weighted by Gasteiger charge is 2.47. The van der Waals surface area contributed by atoms with Crippen molar-refractivity contribution in [3.8, 4) is 11.5 Å². The van der Waals surface area contributed by atoms with E-state index in [1.807, 2.05) is 61.5 Å². The van der Waals surface area contributed by atoms with Crippen LogP contribution in [0.2, 0.25) is 5.02 Å². The normalized spacial score (nSPS) is 20.0. The first-order chi connectivity index (χ1) is 25.5. The summed E-state index contributed by atoms with van der Waals surface area (Å²) in [6.45, 7) is 10.9. The maximum atomic E-state index is 9.21. The van der Waals surface area contributed by atoms with Crippen LogP contribution in [-0.4, -0.2) is 56.5 Å². The Balaban J connectivity index is 1.52. The monoisotopic (exact) mass is 728 g/mol. The van der Waals surface area contributed by atoms with Gasteiger partial charge in [0, 0.05) is 29.7 Å². The Morgan fingerprint density at radius 1 is 0.808 bits per heavy atom. The van der Waals surface area contributed by atoms with E-state index in [2.05, 4.69) is 56.0 Å². The number of aliphatic hydroxyl groups is 1. The van der Waals surface area contributed by atoms with Gasteiger partial charge in [-0.2, -0.15) is 0 Å². The summed E-state index contributed by atoms with van der Waals surface area (Å²) in [5, 5.41) is 9.81. The standard InChI is InChI=1S/C44H53ClO7/c1-4-24-49-40-28-39(45)36(26-33-19-21-37(22-20-33)48-5-2)27-38(40)43-44(51-30-35-17-11-7-12-18-35)42(50-29-34-15-9-6-10-16-34)32(3)41(52-43)31-47-25-14-8-13-23-46/h4,6-7,9-12,15-22,27-28,32,41-44,46H,1,5,8,13-14,23-26,29-31H2,2-3H3/t32-,41-,42+,43+,44-/m1/s1. The van der Waals surface area contributed by atoms with Gasteiger partial charge in [0.2, 0.25) is 0 Å². The summed E-state index contributed by atoms with van der Waals surface area (Å²) in [7, 11) is 0. The summed E-state index contributed by atoms with van der Waals surface area (Å²) in [6.07, 6.45) is 3.16. The average molecular weight is 729 g/mol. The highest BCUT2D eigenvalue weighted by atomic mass is 35.5. The molecule has 278 valence electrons. The van der Waals surface area contributed by atoms with E-state index >= 15 is 0 Å². The largest absolute Gasteiger partial charge is 0.494 e. The van der Waals surface area contributed by atoms with E-state index < -0.39 is 12.2 Å². The molecule has 0 aliphatic carbocycles. The van der Waals surface area contributed by atoms with Crippen molar-refractivity contribution in [3.63, 3.8) is 0 Å². The highest BCUT2D eigenvalue weighted by molar-refractivity contribution is 6.31. The van der Waals surface area contributed by atoms with Crippen LogP contribution in [0.4, 0.5) is 0 Å². The van der Waals surface area contributed by atoms with Gasteiger partial charge >= 0.3 is 0 Å². The first-order valence-electron chi connectivity index (χ1n) is 18.4. The number of ether oxygens (including phenoxy) is 6. The molecule has 5 atom stereocenters. The number of unbranched alkanes of at least 4 members (excludes halogenated alkanes) is 2. The maximum absolute atomic E-state index is 9.21. The molecule has 0 bridgehead atoms. The van der Waals surface area contributed by atoms with E-state index in [1.165, 1.54) is 0 Å². The molecule has 52 heavy (non-hydrogen) atoms. The van der Waals surface area contributed by atoms with Gasteiger partial charge in [-0.15, -0.1) is 0 Å². The van der Waals surface area contributed by atoms with Gasteiger partial charge in [0.1, 0.15) is 30.3 Å². The van der Waals surface area contributed by atoms with Crippen LogP contribution in [0.5, 0.6) is 11.5 Å². The summed E-state index contributed by atoms with van der Waals surface area (Å²) in [6, 6.07) is 32.4. The van der Waals surface area contributed by atoms with Crippen molar-refractivity contribution in [3.05, 3.63) is 143 Å². The zero-order valence-electron chi connectivity index (χ0n) is 30.5. The zero-order valence-corrected chi connectivity index (χ0v) is 31.2. The fraction of sp³-hybridized carbons (Fsp3) is 0.409. The van der Waals surface area contributed by atoms with E-state index in [4.69, 9.17) is 40.0 Å². The number of hydrogen-bond acceptors (Lipinski definition) is 7. The molecule has 1 heterocycles. The van der Waals surface area contributed by atoms with E-state index in [9.17, 15) is 5.11 Å². The second kappa shape index (κ2) is 21.1. The van der Waals surface area contributed by atoms with Gasteiger partial charge in [-0.1, -0.05) is 104 Å². The zero-order chi connectivity index (χ0) is 36.5. The SMILES string of the molecule is C=CCOc1cc(Cl)c(Cc2ccc(OCC)cc2)cc1[C@@H]1O[C@H](COCCCCCO)[C@@H](C)[C@H](OCc2ccccc2)[C@H]1OCc1ccccc1. The molecule has 0 radical (unpaired) electrons. The molecule has 1 saturated heterocycles. The second-order valence-corrected chi connectivity index (χ2v) is 13.6. The van der Waals surface area contributed by atoms with Crippen molar-refractivity contribution < 1.29 is 33.5 Å². The van der Waals surface area contributed by atoms with Crippen LogP contribution in [0.25, 0.3) is 0 Å². The Labute approximate surface area is 314 Å². The van der Waals surface area contributed by atoms with Crippen molar-refractivity contribution in [1.29, 1.82) is 0 Å². The van der Waals surface area contributed by atoms with Gasteiger partial charge in [-0.25, -0.2) is 0 Å². The third kappa shape index (κ3) is 11.4. The van der Waals surface area contributed by atoms with Crippen molar-refractivity contribution in [1.82, 2.24) is 0 Å². The molecule has 7 nitrogen and oxygen atoms in total. The van der Waals surface area contributed by atoms with Gasteiger partial charge in [0.05, 0.1) is 38.6 Å². The van der Waals surface area contributed by atoms with Gasteiger partial charge < -0.3 is 33.5 Å². The lowest BCUT2D eigenvalue weighted by Crippen LogP contribution is -2.53. The summed E-state index contributed by atoms with van der Waals surface area (Å²) in [5.41, 5.74) is 5.00. The molecule has 8 heteroatoms. The average Bonchev–Trinajstić information content (AvgIpc) is 3.17.